The van der Waals surface area contributed by atoms with Gasteiger partial charge in [-0.25, -0.2) is 9.18 Å². The van der Waals surface area contributed by atoms with Gasteiger partial charge in [-0.15, -0.1) is 0 Å². The number of hydrogen-bond acceptors (Lipinski definition) is 4. The van der Waals surface area contributed by atoms with Gasteiger partial charge in [0.05, 0.1) is 18.2 Å². The van der Waals surface area contributed by atoms with Crippen LogP contribution in [-0.4, -0.2) is 43.9 Å². The maximum Gasteiger partial charge on any atom is 0.330 e. The second kappa shape index (κ2) is 8.56. The van der Waals surface area contributed by atoms with E-state index in [1.807, 2.05) is 0 Å². The van der Waals surface area contributed by atoms with Crippen LogP contribution in [0.5, 0.6) is 0 Å². The first kappa shape index (κ1) is 17.4. The maximum absolute atomic E-state index is 13.4. The molecule has 1 rings (SSSR count). The molecule has 8 heteroatoms. The topological polar surface area (TPSA) is 84.9 Å². The summed E-state index contributed by atoms with van der Waals surface area (Å²) in [6.07, 6.45) is 0. The third-order valence-corrected chi connectivity index (χ3v) is 2.80. The van der Waals surface area contributed by atoms with E-state index in [9.17, 15) is 14.0 Å². The number of carboxylic acid groups (broad SMARTS) is 1. The number of amides is 1. The highest BCUT2D eigenvalue weighted by Crippen LogP contribution is 2.20. The molecule has 0 bridgehead atoms. The number of halogens is 2. The van der Waals surface area contributed by atoms with E-state index in [0.717, 1.165) is 6.07 Å². The lowest BCUT2D eigenvalue weighted by Crippen LogP contribution is -2.36. The molecule has 0 saturated carbocycles. The van der Waals surface area contributed by atoms with Gasteiger partial charge in [-0.2, -0.15) is 0 Å². The van der Waals surface area contributed by atoms with Gasteiger partial charge in [0.1, 0.15) is 12.4 Å². The SMILES string of the molecule is COCCOCC(=O)NC(C(=O)O)c1ccc(Cl)c(F)c1. The molecule has 0 aliphatic heterocycles. The summed E-state index contributed by atoms with van der Waals surface area (Å²) < 4.78 is 23.1. The molecule has 1 atom stereocenters. The van der Waals surface area contributed by atoms with Crippen molar-refractivity contribution in [1.29, 1.82) is 0 Å². The molecule has 0 aromatic heterocycles. The van der Waals surface area contributed by atoms with Crippen LogP contribution >= 0.6 is 11.6 Å². The quantitative estimate of drug-likeness (QED) is 0.707. The summed E-state index contributed by atoms with van der Waals surface area (Å²) in [6, 6.07) is 2.14. The average molecular weight is 320 g/mol. The minimum atomic E-state index is -1.38. The molecule has 0 fully saturated rings. The monoisotopic (exact) mass is 319 g/mol. The van der Waals surface area contributed by atoms with Crippen molar-refractivity contribution in [2.75, 3.05) is 26.9 Å². The van der Waals surface area contributed by atoms with Crippen molar-refractivity contribution < 1.29 is 28.6 Å². The first-order valence-electron chi connectivity index (χ1n) is 5.99. The van der Waals surface area contributed by atoms with E-state index >= 15 is 0 Å². The molecule has 0 radical (unpaired) electrons. The van der Waals surface area contributed by atoms with Crippen LogP contribution in [0, 0.1) is 5.82 Å². The normalized spacial score (nSPS) is 12.0. The molecule has 1 unspecified atom stereocenters. The first-order valence-corrected chi connectivity index (χ1v) is 6.37. The summed E-state index contributed by atoms with van der Waals surface area (Å²) in [6.45, 7) is 0.207. The molecule has 116 valence electrons. The van der Waals surface area contributed by atoms with Crippen LogP contribution in [0.3, 0.4) is 0 Å². The Bertz CT molecular complexity index is 511. The minimum absolute atomic E-state index is 0.0784. The maximum atomic E-state index is 13.4. The molecule has 0 aliphatic rings. The molecule has 6 nitrogen and oxygen atoms in total. The molecule has 1 aromatic rings. The molecule has 0 saturated heterocycles. The van der Waals surface area contributed by atoms with E-state index in [-0.39, 0.29) is 23.8 Å². The Morgan fingerprint density at radius 1 is 1.43 bits per heavy atom. The van der Waals surface area contributed by atoms with E-state index in [4.69, 9.17) is 26.2 Å². The zero-order chi connectivity index (χ0) is 15.8. The highest BCUT2D eigenvalue weighted by atomic mass is 35.5. The number of carbonyl (C=O) groups excluding carboxylic acids is 1. The van der Waals surface area contributed by atoms with Crippen molar-refractivity contribution in [3.8, 4) is 0 Å². The Morgan fingerprint density at radius 2 is 2.14 bits per heavy atom. The molecule has 0 heterocycles. The van der Waals surface area contributed by atoms with E-state index in [2.05, 4.69) is 5.32 Å². The van der Waals surface area contributed by atoms with E-state index in [0.29, 0.717) is 6.61 Å². The Morgan fingerprint density at radius 3 is 2.71 bits per heavy atom. The fourth-order valence-corrected chi connectivity index (χ4v) is 1.61. The van der Waals surface area contributed by atoms with Crippen LogP contribution < -0.4 is 5.32 Å². The zero-order valence-electron chi connectivity index (χ0n) is 11.3. The minimum Gasteiger partial charge on any atom is -0.479 e. The van der Waals surface area contributed by atoms with Crippen LogP contribution in [0.1, 0.15) is 11.6 Å². The van der Waals surface area contributed by atoms with Crippen molar-refractivity contribution >= 4 is 23.5 Å². The smallest absolute Gasteiger partial charge is 0.330 e. The largest absolute Gasteiger partial charge is 0.479 e. The summed E-state index contributed by atoms with van der Waals surface area (Å²) in [5.41, 5.74) is 0.0784. The number of methoxy groups -OCH3 is 1. The number of carbonyl (C=O) groups is 2. The third kappa shape index (κ3) is 5.66. The van der Waals surface area contributed by atoms with Gasteiger partial charge in [0.25, 0.3) is 0 Å². The van der Waals surface area contributed by atoms with Crippen LogP contribution in [0.15, 0.2) is 18.2 Å². The number of aliphatic carboxylic acids is 1. The summed E-state index contributed by atoms with van der Waals surface area (Å²) in [7, 11) is 1.49. The Labute approximate surface area is 125 Å². The number of benzene rings is 1. The lowest BCUT2D eigenvalue weighted by molar-refractivity contribution is -0.142. The Balaban J connectivity index is 2.67. The molecule has 1 aromatic carbocycles. The van der Waals surface area contributed by atoms with Crippen LogP contribution in [-0.2, 0) is 19.1 Å². The predicted molar refractivity (Wildman–Crippen MR) is 72.6 cm³/mol. The molecular weight excluding hydrogens is 305 g/mol. The third-order valence-electron chi connectivity index (χ3n) is 2.49. The fourth-order valence-electron chi connectivity index (χ4n) is 1.49. The summed E-state index contributed by atoms with van der Waals surface area (Å²) in [5, 5.41) is 11.2. The molecule has 0 spiro atoms. The van der Waals surface area contributed by atoms with Crippen molar-refractivity contribution in [3.63, 3.8) is 0 Å². The first-order chi connectivity index (χ1) is 9.95. The molecule has 0 aliphatic carbocycles. The number of nitrogens with one attached hydrogen (secondary N) is 1. The van der Waals surface area contributed by atoms with Gasteiger partial charge < -0.3 is 19.9 Å². The summed E-state index contributed by atoms with van der Waals surface area (Å²) in [4.78, 5) is 22.8. The van der Waals surface area contributed by atoms with E-state index in [1.54, 1.807) is 0 Å². The second-order valence-corrected chi connectivity index (χ2v) is 4.46. The van der Waals surface area contributed by atoms with Crippen molar-refractivity contribution in [2.24, 2.45) is 0 Å². The molecular formula is C13H15ClFNO5. The van der Waals surface area contributed by atoms with Gasteiger partial charge in [0.15, 0.2) is 6.04 Å². The Kier molecular flexibility index (Phi) is 7.07. The standard InChI is InChI=1S/C13H15ClFNO5/c1-20-4-5-21-7-11(17)16-12(13(18)19)8-2-3-9(14)10(15)6-8/h2-3,6,12H,4-5,7H2,1H3,(H,16,17)(H,18,19). The summed E-state index contributed by atoms with van der Waals surface area (Å²) >= 11 is 5.53. The summed E-state index contributed by atoms with van der Waals surface area (Å²) in [5.74, 6) is -2.71. The average Bonchev–Trinajstić information content (AvgIpc) is 2.44. The highest BCUT2D eigenvalue weighted by Gasteiger charge is 2.23. The van der Waals surface area contributed by atoms with Crippen molar-refractivity contribution in [2.45, 2.75) is 6.04 Å². The van der Waals surface area contributed by atoms with Gasteiger partial charge >= 0.3 is 5.97 Å². The molecule has 21 heavy (non-hydrogen) atoms. The van der Waals surface area contributed by atoms with Crippen molar-refractivity contribution in [3.05, 3.63) is 34.6 Å². The van der Waals surface area contributed by atoms with Gasteiger partial charge in [-0.3, -0.25) is 4.79 Å². The highest BCUT2D eigenvalue weighted by molar-refractivity contribution is 6.30. The number of ether oxygens (including phenoxy) is 2. The van der Waals surface area contributed by atoms with Gasteiger partial charge in [-0.05, 0) is 17.7 Å². The molecule has 2 N–H and O–H groups in total. The van der Waals surface area contributed by atoms with Gasteiger partial charge in [-0.1, -0.05) is 17.7 Å². The predicted octanol–water partition coefficient (Wildman–Crippen LogP) is 1.38. The lowest BCUT2D eigenvalue weighted by atomic mass is 10.1. The fraction of sp³-hybridized carbons (Fsp3) is 0.385. The van der Waals surface area contributed by atoms with Gasteiger partial charge in [0, 0.05) is 7.11 Å². The van der Waals surface area contributed by atoms with Crippen LogP contribution in [0.4, 0.5) is 4.39 Å². The number of rotatable bonds is 8. The lowest BCUT2D eigenvalue weighted by Gasteiger charge is -2.15. The van der Waals surface area contributed by atoms with E-state index < -0.39 is 23.7 Å². The van der Waals surface area contributed by atoms with Crippen molar-refractivity contribution in [1.82, 2.24) is 5.32 Å². The zero-order valence-corrected chi connectivity index (χ0v) is 12.0. The van der Waals surface area contributed by atoms with Gasteiger partial charge in [0.2, 0.25) is 5.91 Å². The number of hydrogen-bond donors (Lipinski definition) is 2. The number of carboxylic acids is 1. The second-order valence-electron chi connectivity index (χ2n) is 4.06. The van der Waals surface area contributed by atoms with E-state index in [1.165, 1.54) is 19.2 Å². The molecule has 1 amide bonds. The van der Waals surface area contributed by atoms with Crippen LogP contribution in [0.2, 0.25) is 5.02 Å². The van der Waals surface area contributed by atoms with Crippen LogP contribution in [0.25, 0.3) is 0 Å². The Hall–Kier alpha value is -1.70.